The van der Waals surface area contributed by atoms with E-state index in [1.807, 2.05) is 38.1 Å². The number of imide groups is 1. The first kappa shape index (κ1) is 17.0. The van der Waals surface area contributed by atoms with Crippen LogP contribution in [0.5, 0.6) is 0 Å². The molecule has 1 atom stereocenters. The van der Waals surface area contributed by atoms with Crippen LogP contribution in [-0.2, 0) is 23.3 Å². The predicted molar refractivity (Wildman–Crippen MR) is 103 cm³/mol. The number of para-hydroxylation sites is 1. The van der Waals surface area contributed by atoms with E-state index in [4.69, 9.17) is 0 Å². The molecule has 0 radical (unpaired) electrons. The van der Waals surface area contributed by atoms with Gasteiger partial charge in [0, 0.05) is 23.0 Å². The number of amides is 3. The number of hydrogen-bond acceptors (Lipinski definition) is 2. The Balaban J connectivity index is 1.55. The van der Waals surface area contributed by atoms with Crippen LogP contribution in [-0.4, -0.2) is 32.8 Å². The van der Waals surface area contributed by atoms with Gasteiger partial charge in [0.1, 0.15) is 11.9 Å². The maximum atomic E-state index is 13.2. The molecule has 1 fully saturated rings. The molecule has 5 nitrogen and oxygen atoms in total. The lowest BCUT2D eigenvalue weighted by molar-refractivity contribution is -0.129. The number of halogens is 1. The van der Waals surface area contributed by atoms with Crippen molar-refractivity contribution in [3.8, 4) is 0 Å². The molecular formula is C22H20FN3O2. The molecule has 28 heavy (non-hydrogen) atoms. The number of aromatic amines is 1. The molecule has 1 N–H and O–H groups in total. The average molecular weight is 377 g/mol. The number of H-pyrrole nitrogens is 1. The summed E-state index contributed by atoms with van der Waals surface area (Å²) in [6.07, 6.45) is 0.493. The Kier molecular flexibility index (Phi) is 3.44. The van der Waals surface area contributed by atoms with Crippen molar-refractivity contribution in [1.82, 2.24) is 14.8 Å². The van der Waals surface area contributed by atoms with Gasteiger partial charge in [-0.15, -0.1) is 0 Å². The van der Waals surface area contributed by atoms with Gasteiger partial charge in [-0.3, -0.25) is 9.69 Å². The van der Waals surface area contributed by atoms with E-state index >= 15 is 0 Å². The summed E-state index contributed by atoms with van der Waals surface area (Å²) in [5.74, 6) is -0.537. The van der Waals surface area contributed by atoms with Gasteiger partial charge in [0.2, 0.25) is 0 Å². The summed E-state index contributed by atoms with van der Waals surface area (Å²) >= 11 is 0. The van der Waals surface area contributed by atoms with Gasteiger partial charge in [0.15, 0.2) is 0 Å². The molecule has 0 aliphatic carbocycles. The number of benzene rings is 2. The fraction of sp³-hybridized carbons (Fsp3) is 0.273. The van der Waals surface area contributed by atoms with Crippen LogP contribution in [0.1, 0.15) is 30.7 Å². The first-order chi connectivity index (χ1) is 13.4. The van der Waals surface area contributed by atoms with Crippen LogP contribution in [0.3, 0.4) is 0 Å². The second kappa shape index (κ2) is 5.67. The molecule has 6 heteroatoms. The number of fused-ring (bicyclic) bond motifs is 4. The molecule has 3 aromatic rings. The molecule has 3 heterocycles. The molecule has 1 saturated heterocycles. The first-order valence-electron chi connectivity index (χ1n) is 9.37. The van der Waals surface area contributed by atoms with Gasteiger partial charge >= 0.3 is 6.03 Å². The molecular weight excluding hydrogens is 357 g/mol. The zero-order valence-corrected chi connectivity index (χ0v) is 15.7. The van der Waals surface area contributed by atoms with Crippen LogP contribution in [0.4, 0.5) is 9.18 Å². The Labute approximate surface area is 161 Å². The number of rotatable bonds is 2. The molecule has 0 spiro atoms. The van der Waals surface area contributed by atoms with Crippen LogP contribution >= 0.6 is 0 Å². The number of nitrogens with one attached hydrogen (secondary N) is 1. The maximum Gasteiger partial charge on any atom is 0.328 e. The van der Waals surface area contributed by atoms with E-state index in [1.54, 1.807) is 17.0 Å². The van der Waals surface area contributed by atoms with Gasteiger partial charge < -0.3 is 9.88 Å². The standard InChI is InChI=1S/C22H20FN3O2/c1-22(2)19-16(15-5-3-4-6-17(15)24-19)11-18-20(27)25(21(28)26(18)22)12-13-7-9-14(23)10-8-13/h3-10,18,24H,11-12H2,1-2H3/t18-/m1/s1. The normalized spacial score (nSPS) is 20.6. The summed E-state index contributed by atoms with van der Waals surface area (Å²) in [5, 5.41) is 1.10. The minimum atomic E-state index is -0.637. The highest BCUT2D eigenvalue weighted by molar-refractivity contribution is 6.05. The van der Waals surface area contributed by atoms with Crippen molar-refractivity contribution in [2.75, 3.05) is 0 Å². The van der Waals surface area contributed by atoms with Crippen LogP contribution < -0.4 is 0 Å². The number of nitrogens with zero attached hydrogens (tertiary/aromatic N) is 2. The number of urea groups is 1. The van der Waals surface area contributed by atoms with Crippen molar-refractivity contribution < 1.29 is 14.0 Å². The molecule has 2 aliphatic rings. The highest BCUT2D eigenvalue weighted by atomic mass is 19.1. The van der Waals surface area contributed by atoms with Crippen molar-refractivity contribution >= 4 is 22.8 Å². The summed E-state index contributed by atoms with van der Waals surface area (Å²) in [4.78, 5) is 32.8. The van der Waals surface area contributed by atoms with E-state index in [9.17, 15) is 14.0 Å². The zero-order valence-electron chi connectivity index (χ0n) is 15.7. The number of aromatic nitrogens is 1. The lowest BCUT2D eigenvalue weighted by Crippen LogP contribution is -2.52. The van der Waals surface area contributed by atoms with E-state index in [0.717, 1.165) is 27.7 Å². The molecule has 0 bridgehead atoms. The number of carbonyl (C=O) groups is 2. The van der Waals surface area contributed by atoms with Crippen molar-refractivity contribution in [2.45, 2.75) is 38.4 Å². The Morgan fingerprint density at radius 1 is 1.11 bits per heavy atom. The lowest BCUT2D eigenvalue weighted by Gasteiger charge is -2.42. The third kappa shape index (κ3) is 2.24. The molecule has 3 amide bonds. The smallest absolute Gasteiger partial charge is 0.328 e. The number of carbonyl (C=O) groups excluding carboxylic acids is 2. The third-order valence-corrected chi connectivity index (χ3v) is 5.98. The molecule has 1 aromatic heterocycles. The summed E-state index contributed by atoms with van der Waals surface area (Å²) in [6.45, 7) is 4.09. The topological polar surface area (TPSA) is 56.4 Å². The summed E-state index contributed by atoms with van der Waals surface area (Å²) in [5.41, 5.74) is 3.19. The molecule has 2 aliphatic heterocycles. The van der Waals surface area contributed by atoms with Crippen molar-refractivity contribution in [3.05, 3.63) is 71.2 Å². The van der Waals surface area contributed by atoms with Gasteiger partial charge in [-0.25, -0.2) is 9.18 Å². The van der Waals surface area contributed by atoms with Crippen molar-refractivity contribution in [2.24, 2.45) is 0 Å². The van der Waals surface area contributed by atoms with Crippen molar-refractivity contribution in [3.63, 3.8) is 0 Å². The van der Waals surface area contributed by atoms with Crippen LogP contribution in [0, 0.1) is 5.82 Å². The summed E-state index contributed by atoms with van der Waals surface area (Å²) in [7, 11) is 0. The fourth-order valence-electron chi connectivity index (χ4n) is 4.62. The maximum absolute atomic E-state index is 13.2. The molecule has 2 aromatic carbocycles. The minimum Gasteiger partial charge on any atom is -0.356 e. The largest absolute Gasteiger partial charge is 0.356 e. The third-order valence-electron chi connectivity index (χ3n) is 5.98. The average Bonchev–Trinajstić information content (AvgIpc) is 3.16. The van der Waals surface area contributed by atoms with Gasteiger partial charge in [-0.2, -0.15) is 0 Å². The highest BCUT2D eigenvalue weighted by Gasteiger charge is 2.55. The summed E-state index contributed by atoms with van der Waals surface area (Å²) < 4.78 is 13.2. The van der Waals surface area contributed by atoms with Gasteiger partial charge in [-0.05, 0) is 43.2 Å². The zero-order chi connectivity index (χ0) is 19.6. The van der Waals surface area contributed by atoms with Crippen LogP contribution in [0.25, 0.3) is 10.9 Å². The van der Waals surface area contributed by atoms with E-state index < -0.39 is 11.6 Å². The minimum absolute atomic E-state index is 0.149. The van der Waals surface area contributed by atoms with Crippen LogP contribution in [0.15, 0.2) is 48.5 Å². The van der Waals surface area contributed by atoms with E-state index in [2.05, 4.69) is 4.98 Å². The molecule has 0 unspecified atom stereocenters. The molecule has 5 rings (SSSR count). The Morgan fingerprint density at radius 3 is 2.57 bits per heavy atom. The Hall–Kier alpha value is -3.15. The van der Waals surface area contributed by atoms with Gasteiger partial charge in [0.05, 0.1) is 12.1 Å². The number of hydrogen-bond donors (Lipinski definition) is 1. The Morgan fingerprint density at radius 2 is 1.82 bits per heavy atom. The quantitative estimate of drug-likeness (QED) is 0.688. The van der Waals surface area contributed by atoms with Crippen LogP contribution in [0.2, 0.25) is 0 Å². The van der Waals surface area contributed by atoms with E-state index in [-0.39, 0.29) is 24.3 Å². The highest BCUT2D eigenvalue weighted by Crippen LogP contribution is 2.44. The fourth-order valence-corrected chi connectivity index (χ4v) is 4.62. The van der Waals surface area contributed by atoms with Gasteiger partial charge in [0.25, 0.3) is 5.91 Å². The predicted octanol–water partition coefficient (Wildman–Crippen LogP) is 3.93. The second-order valence-electron chi connectivity index (χ2n) is 8.01. The SMILES string of the molecule is CC1(C)c2[nH]c3ccccc3c2C[C@@H]2C(=O)N(Cc3ccc(F)cc3)C(=O)N21. The van der Waals surface area contributed by atoms with Crippen molar-refractivity contribution in [1.29, 1.82) is 0 Å². The monoisotopic (exact) mass is 377 g/mol. The van der Waals surface area contributed by atoms with E-state index in [1.165, 1.54) is 17.0 Å². The van der Waals surface area contributed by atoms with Gasteiger partial charge in [-0.1, -0.05) is 30.3 Å². The summed E-state index contributed by atoms with van der Waals surface area (Å²) in [6, 6.07) is 13.1. The van der Waals surface area contributed by atoms with E-state index in [0.29, 0.717) is 6.42 Å². The second-order valence-corrected chi connectivity index (χ2v) is 8.01. The first-order valence-corrected chi connectivity index (χ1v) is 9.37. The lowest BCUT2D eigenvalue weighted by atomic mass is 9.85. The molecule has 142 valence electrons. The molecule has 0 saturated carbocycles. The Bertz CT molecular complexity index is 1120.